The normalized spacial score (nSPS) is 14.9. The van der Waals surface area contributed by atoms with Gasteiger partial charge in [-0.2, -0.15) is 0 Å². The number of aryl methyl sites for hydroxylation is 1. The molecule has 0 aliphatic carbocycles. The van der Waals surface area contributed by atoms with Gasteiger partial charge >= 0.3 is 5.69 Å². The summed E-state index contributed by atoms with van der Waals surface area (Å²) in [5.41, 5.74) is 0.433. The zero-order valence-corrected chi connectivity index (χ0v) is 11.3. The van der Waals surface area contributed by atoms with E-state index in [0.717, 1.165) is 13.1 Å². The number of pyridine rings is 1. The van der Waals surface area contributed by atoms with E-state index in [1.54, 1.807) is 17.9 Å². The number of rotatable bonds is 4. The Kier molecular flexibility index (Phi) is 4.46. The Hall–Kier alpha value is -2.22. The van der Waals surface area contributed by atoms with Gasteiger partial charge in [0.1, 0.15) is 0 Å². The molecule has 1 fully saturated rings. The van der Waals surface area contributed by atoms with Crippen molar-refractivity contribution in [1.82, 2.24) is 15.2 Å². The van der Waals surface area contributed by atoms with E-state index in [0.29, 0.717) is 18.7 Å². The monoisotopic (exact) mass is 279 g/mol. The molecule has 0 unspecified atom stereocenters. The molecule has 1 saturated heterocycles. The van der Waals surface area contributed by atoms with Gasteiger partial charge in [-0.1, -0.05) is 0 Å². The highest BCUT2D eigenvalue weighted by molar-refractivity contribution is 5.81. The summed E-state index contributed by atoms with van der Waals surface area (Å²) in [5, 5.41) is 16.9. The second-order valence-electron chi connectivity index (χ2n) is 4.57. The summed E-state index contributed by atoms with van der Waals surface area (Å²) >= 11 is 0. The molecule has 1 aromatic rings. The molecule has 2 N–H and O–H groups in total. The first-order valence-electron chi connectivity index (χ1n) is 6.42. The zero-order chi connectivity index (χ0) is 14.5. The summed E-state index contributed by atoms with van der Waals surface area (Å²) in [7, 11) is 0. The third-order valence-corrected chi connectivity index (χ3v) is 3.19. The first-order valence-corrected chi connectivity index (χ1v) is 6.42. The highest BCUT2D eigenvalue weighted by Crippen LogP contribution is 2.25. The Labute approximate surface area is 116 Å². The molecule has 1 aliphatic rings. The summed E-state index contributed by atoms with van der Waals surface area (Å²) in [6.07, 6.45) is 1.49. The van der Waals surface area contributed by atoms with Crippen LogP contribution in [-0.4, -0.2) is 53.4 Å². The summed E-state index contributed by atoms with van der Waals surface area (Å²) in [5.74, 6) is 0.0580. The molecular formula is C12H17N5O3. The van der Waals surface area contributed by atoms with Gasteiger partial charge in [-0.15, -0.1) is 0 Å². The van der Waals surface area contributed by atoms with E-state index in [-0.39, 0.29) is 24.0 Å². The molecule has 108 valence electrons. The van der Waals surface area contributed by atoms with Gasteiger partial charge in [0.05, 0.1) is 11.5 Å². The third-order valence-electron chi connectivity index (χ3n) is 3.19. The van der Waals surface area contributed by atoms with Gasteiger partial charge in [-0.25, -0.2) is 4.98 Å². The molecule has 2 heterocycles. The van der Waals surface area contributed by atoms with Crippen LogP contribution in [0, 0.1) is 17.0 Å². The fourth-order valence-electron chi connectivity index (χ4n) is 2.10. The van der Waals surface area contributed by atoms with Crippen molar-refractivity contribution in [2.45, 2.75) is 6.92 Å². The van der Waals surface area contributed by atoms with Gasteiger partial charge < -0.3 is 15.5 Å². The van der Waals surface area contributed by atoms with Crippen molar-refractivity contribution in [2.24, 2.45) is 0 Å². The molecule has 0 atom stereocenters. The average Bonchev–Trinajstić information content (AvgIpc) is 2.45. The lowest BCUT2D eigenvalue weighted by Gasteiger charge is -2.27. The summed E-state index contributed by atoms with van der Waals surface area (Å²) < 4.78 is 0. The van der Waals surface area contributed by atoms with Crippen molar-refractivity contribution in [1.29, 1.82) is 0 Å². The van der Waals surface area contributed by atoms with Crippen LogP contribution >= 0.6 is 0 Å². The second kappa shape index (κ2) is 6.29. The molecule has 1 aromatic heterocycles. The lowest BCUT2D eigenvalue weighted by Crippen LogP contribution is -2.48. The maximum Gasteiger partial charge on any atom is 0.314 e. The highest BCUT2D eigenvalue weighted by atomic mass is 16.6. The van der Waals surface area contributed by atoms with Gasteiger partial charge in [-0.05, 0) is 13.0 Å². The lowest BCUT2D eigenvalue weighted by atomic mass is 10.2. The van der Waals surface area contributed by atoms with Crippen molar-refractivity contribution in [3.8, 4) is 0 Å². The number of hydrogen-bond donors (Lipinski definition) is 2. The topological polar surface area (TPSA) is 100 Å². The maximum atomic E-state index is 12.0. The highest BCUT2D eigenvalue weighted by Gasteiger charge is 2.21. The summed E-state index contributed by atoms with van der Waals surface area (Å²) in [4.78, 5) is 28.2. The molecule has 0 radical (unpaired) electrons. The molecular weight excluding hydrogens is 262 g/mol. The zero-order valence-electron chi connectivity index (χ0n) is 11.3. The Bertz CT molecular complexity index is 514. The molecule has 1 aliphatic heterocycles. The van der Waals surface area contributed by atoms with E-state index in [1.807, 2.05) is 0 Å². The predicted molar refractivity (Wildman–Crippen MR) is 73.6 cm³/mol. The average molecular weight is 279 g/mol. The van der Waals surface area contributed by atoms with E-state index in [1.165, 1.54) is 6.20 Å². The van der Waals surface area contributed by atoms with Crippen LogP contribution in [0.4, 0.5) is 11.5 Å². The standard InChI is InChI=1S/C12H17N5O3/c1-9-2-3-14-12(11(9)17(19)20)15-8-10(18)16-6-4-13-5-7-16/h2-3,13H,4-8H2,1H3,(H,14,15). The minimum Gasteiger partial charge on any atom is -0.355 e. The first-order chi connectivity index (χ1) is 9.59. The number of hydrogen-bond acceptors (Lipinski definition) is 6. The van der Waals surface area contributed by atoms with E-state index in [2.05, 4.69) is 15.6 Å². The fraction of sp³-hybridized carbons (Fsp3) is 0.500. The van der Waals surface area contributed by atoms with Crippen LogP contribution in [0.5, 0.6) is 0 Å². The molecule has 1 amide bonds. The van der Waals surface area contributed by atoms with Crippen molar-refractivity contribution < 1.29 is 9.72 Å². The number of nitro groups is 1. The van der Waals surface area contributed by atoms with Crippen molar-refractivity contribution in [3.05, 3.63) is 27.9 Å². The Balaban J connectivity index is 2.02. The Morgan fingerprint density at radius 3 is 2.90 bits per heavy atom. The minimum atomic E-state index is -0.486. The summed E-state index contributed by atoms with van der Waals surface area (Å²) in [6, 6.07) is 1.57. The second-order valence-corrected chi connectivity index (χ2v) is 4.57. The number of amides is 1. The molecule has 0 spiro atoms. The van der Waals surface area contributed by atoms with Gasteiger partial charge in [0.25, 0.3) is 0 Å². The number of carbonyl (C=O) groups excluding carboxylic acids is 1. The Morgan fingerprint density at radius 1 is 1.55 bits per heavy atom. The minimum absolute atomic E-state index is 0.0112. The number of anilines is 1. The van der Waals surface area contributed by atoms with Crippen LogP contribution in [-0.2, 0) is 4.79 Å². The van der Waals surface area contributed by atoms with Crippen LogP contribution in [0.15, 0.2) is 12.3 Å². The van der Waals surface area contributed by atoms with Gasteiger partial charge in [0.15, 0.2) is 0 Å². The molecule has 8 nitrogen and oxygen atoms in total. The van der Waals surface area contributed by atoms with E-state index >= 15 is 0 Å². The van der Waals surface area contributed by atoms with Gasteiger partial charge in [0.2, 0.25) is 11.7 Å². The van der Waals surface area contributed by atoms with Crippen LogP contribution in [0.3, 0.4) is 0 Å². The van der Waals surface area contributed by atoms with E-state index < -0.39 is 4.92 Å². The van der Waals surface area contributed by atoms with Crippen LogP contribution in [0.1, 0.15) is 5.56 Å². The van der Waals surface area contributed by atoms with Gasteiger partial charge in [-0.3, -0.25) is 14.9 Å². The molecule has 0 bridgehead atoms. The largest absolute Gasteiger partial charge is 0.355 e. The third kappa shape index (κ3) is 3.21. The van der Waals surface area contributed by atoms with Gasteiger partial charge in [0, 0.05) is 37.9 Å². The van der Waals surface area contributed by atoms with E-state index in [9.17, 15) is 14.9 Å². The van der Waals surface area contributed by atoms with E-state index in [4.69, 9.17) is 0 Å². The molecule has 0 aromatic carbocycles. The number of aromatic nitrogens is 1. The SMILES string of the molecule is Cc1ccnc(NCC(=O)N2CCNCC2)c1[N+](=O)[O-]. The number of nitrogens with zero attached hydrogens (tertiary/aromatic N) is 3. The quantitative estimate of drug-likeness (QED) is 0.600. The van der Waals surface area contributed by atoms with Crippen molar-refractivity contribution in [3.63, 3.8) is 0 Å². The van der Waals surface area contributed by atoms with Crippen LogP contribution < -0.4 is 10.6 Å². The number of carbonyl (C=O) groups is 1. The number of nitrogens with one attached hydrogen (secondary N) is 2. The van der Waals surface area contributed by atoms with Crippen molar-refractivity contribution >= 4 is 17.4 Å². The first kappa shape index (κ1) is 14.2. The molecule has 8 heteroatoms. The summed E-state index contributed by atoms with van der Waals surface area (Å²) in [6.45, 7) is 4.51. The van der Waals surface area contributed by atoms with Crippen LogP contribution in [0.25, 0.3) is 0 Å². The lowest BCUT2D eigenvalue weighted by molar-refractivity contribution is -0.384. The molecule has 20 heavy (non-hydrogen) atoms. The fourth-order valence-corrected chi connectivity index (χ4v) is 2.10. The smallest absolute Gasteiger partial charge is 0.314 e. The van der Waals surface area contributed by atoms with Crippen LogP contribution in [0.2, 0.25) is 0 Å². The molecule has 2 rings (SSSR count). The van der Waals surface area contributed by atoms with Crippen molar-refractivity contribution in [2.75, 3.05) is 38.0 Å². The number of piperazine rings is 1. The molecule has 0 saturated carbocycles. The maximum absolute atomic E-state index is 12.0. The Morgan fingerprint density at radius 2 is 2.25 bits per heavy atom. The predicted octanol–water partition coefficient (Wildman–Crippen LogP) is 0.142.